The quantitative estimate of drug-likeness (QED) is 0.659. The van der Waals surface area contributed by atoms with Crippen LogP contribution in [0.2, 0.25) is 0 Å². The zero-order valence-electron chi connectivity index (χ0n) is 9.61. The number of thiophene rings is 2. The molecule has 86 valence electrons. The Bertz CT molecular complexity index is 519. The molecular formula is C15H14S2. The summed E-state index contributed by atoms with van der Waals surface area (Å²) in [6.45, 7) is 7.88. The van der Waals surface area contributed by atoms with Crippen LogP contribution in [0.25, 0.3) is 9.75 Å². The van der Waals surface area contributed by atoms with Crippen molar-refractivity contribution in [3.8, 4) is 9.75 Å². The zero-order chi connectivity index (χ0) is 11.9. The normalized spacial score (nSPS) is 15.3. The van der Waals surface area contributed by atoms with Crippen LogP contribution >= 0.6 is 22.7 Å². The SMILES string of the molecule is C=CCC1(CC=C)c2ccsc2-c2sccc21. The largest absolute Gasteiger partial charge is 0.143 e. The van der Waals surface area contributed by atoms with Crippen molar-refractivity contribution < 1.29 is 0 Å². The van der Waals surface area contributed by atoms with Gasteiger partial charge in [-0.2, -0.15) is 0 Å². The van der Waals surface area contributed by atoms with Gasteiger partial charge >= 0.3 is 0 Å². The van der Waals surface area contributed by atoms with Gasteiger partial charge in [0.15, 0.2) is 0 Å². The number of fused-ring (bicyclic) bond motifs is 3. The molecule has 2 heteroatoms. The zero-order valence-corrected chi connectivity index (χ0v) is 11.2. The van der Waals surface area contributed by atoms with Gasteiger partial charge in [-0.15, -0.1) is 35.8 Å². The molecule has 0 radical (unpaired) electrons. The summed E-state index contributed by atoms with van der Waals surface area (Å²) in [6.07, 6.45) is 6.06. The monoisotopic (exact) mass is 258 g/mol. The van der Waals surface area contributed by atoms with Crippen LogP contribution in [0.4, 0.5) is 0 Å². The summed E-state index contributed by atoms with van der Waals surface area (Å²) >= 11 is 3.71. The second kappa shape index (κ2) is 3.97. The van der Waals surface area contributed by atoms with Crippen LogP contribution in [0.1, 0.15) is 24.0 Å². The lowest BCUT2D eigenvalue weighted by Crippen LogP contribution is -2.22. The summed E-state index contributed by atoms with van der Waals surface area (Å²) in [6, 6.07) is 4.56. The summed E-state index contributed by atoms with van der Waals surface area (Å²) in [4.78, 5) is 2.91. The van der Waals surface area contributed by atoms with E-state index in [4.69, 9.17) is 0 Å². The van der Waals surface area contributed by atoms with Gasteiger partial charge < -0.3 is 0 Å². The highest BCUT2D eigenvalue weighted by atomic mass is 32.1. The fourth-order valence-corrected chi connectivity index (χ4v) is 5.07. The number of hydrogen-bond donors (Lipinski definition) is 0. The summed E-state index contributed by atoms with van der Waals surface area (Å²) in [5.41, 5.74) is 3.06. The van der Waals surface area contributed by atoms with Gasteiger partial charge in [-0.3, -0.25) is 0 Å². The molecule has 0 aliphatic heterocycles. The number of rotatable bonds is 4. The molecule has 2 heterocycles. The first-order valence-electron chi connectivity index (χ1n) is 5.71. The minimum absolute atomic E-state index is 0.105. The van der Waals surface area contributed by atoms with Crippen molar-refractivity contribution >= 4 is 22.7 Å². The van der Waals surface area contributed by atoms with E-state index in [0.29, 0.717) is 0 Å². The maximum Gasteiger partial charge on any atom is 0.0486 e. The second-order valence-corrected chi connectivity index (χ2v) is 6.23. The Morgan fingerprint density at radius 3 is 1.82 bits per heavy atom. The lowest BCUT2D eigenvalue weighted by atomic mass is 9.74. The van der Waals surface area contributed by atoms with Crippen LogP contribution in [-0.2, 0) is 5.41 Å². The van der Waals surface area contributed by atoms with E-state index < -0.39 is 0 Å². The average molecular weight is 258 g/mol. The Morgan fingerprint density at radius 2 is 1.41 bits per heavy atom. The smallest absolute Gasteiger partial charge is 0.0486 e. The Morgan fingerprint density at radius 1 is 0.941 bits per heavy atom. The summed E-state index contributed by atoms with van der Waals surface area (Å²) in [7, 11) is 0. The molecule has 3 rings (SSSR count). The van der Waals surface area contributed by atoms with Crippen LogP contribution in [0.15, 0.2) is 48.2 Å². The maximum atomic E-state index is 3.94. The van der Waals surface area contributed by atoms with Gasteiger partial charge in [0.2, 0.25) is 0 Å². The van der Waals surface area contributed by atoms with Gasteiger partial charge in [0, 0.05) is 15.2 Å². The molecule has 0 aromatic carbocycles. The molecule has 0 atom stereocenters. The fraction of sp³-hybridized carbons (Fsp3) is 0.200. The topological polar surface area (TPSA) is 0 Å². The van der Waals surface area contributed by atoms with Gasteiger partial charge in [0.1, 0.15) is 0 Å². The highest BCUT2D eigenvalue weighted by molar-refractivity contribution is 7.21. The van der Waals surface area contributed by atoms with E-state index in [1.807, 2.05) is 34.8 Å². The molecule has 0 fully saturated rings. The standard InChI is InChI=1S/C15H14S2/c1-3-7-15(8-4-2)11-5-9-16-13(11)14-12(15)6-10-17-14/h3-6,9-10H,1-2,7-8H2. The molecule has 2 aromatic rings. The molecule has 0 nitrogen and oxygen atoms in total. The molecule has 1 aliphatic carbocycles. The molecule has 0 spiro atoms. The molecule has 1 aliphatic rings. The van der Waals surface area contributed by atoms with Gasteiger partial charge in [-0.1, -0.05) is 12.2 Å². The third kappa shape index (κ3) is 1.34. The first-order chi connectivity index (χ1) is 8.33. The van der Waals surface area contributed by atoms with Crippen LogP contribution < -0.4 is 0 Å². The Hall–Kier alpha value is -1.12. The summed E-state index contributed by atoms with van der Waals surface area (Å²) < 4.78 is 0. The molecule has 0 amide bonds. The van der Waals surface area contributed by atoms with Gasteiger partial charge in [0.05, 0.1) is 0 Å². The van der Waals surface area contributed by atoms with Crippen LogP contribution in [0.5, 0.6) is 0 Å². The van der Waals surface area contributed by atoms with Gasteiger partial charge in [0.25, 0.3) is 0 Å². The molecule has 17 heavy (non-hydrogen) atoms. The predicted molar refractivity (Wildman–Crippen MR) is 78.0 cm³/mol. The van der Waals surface area contributed by atoms with Crippen molar-refractivity contribution in [2.45, 2.75) is 18.3 Å². The van der Waals surface area contributed by atoms with Crippen molar-refractivity contribution in [1.29, 1.82) is 0 Å². The summed E-state index contributed by atoms with van der Waals surface area (Å²) in [5, 5.41) is 4.41. The Labute approximate surface area is 110 Å². The third-order valence-corrected chi connectivity index (χ3v) is 5.55. The van der Waals surface area contributed by atoms with Crippen molar-refractivity contribution in [1.82, 2.24) is 0 Å². The first-order valence-corrected chi connectivity index (χ1v) is 7.47. The Balaban J connectivity index is 2.28. The van der Waals surface area contributed by atoms with Crippen LogP contribution in [-0.4, -0.2) is 0 Å². The van der Waals surface area contributed by atoms with Gasteiger partial charge in [-0.05, 0) is 46.9 Å². The van der Waals surface area contributed by atoms with Crippen molar-refractivity contribution in [2.24, 2.45) is 0 Å². The van der Waals surface area contributed by atoms with Crippen LogP contribution in [0.3, 0.4) is 0 Å². The minimum atomic E-state index is 0.105. The lowest BCUT2D eigenvalue weighted by molar-refractivity contribution is 0.545. The van der Waals surface area contributed by atoms with E-state index >= 15 is 0 Å². The third-order valence-electron chi connectivity index (χ3n) is 3.55. The molecular weight excluding hydrogens is 244 g/mol. The molecule has 0 N–H and O–H groups in total. The van der Waals surface area contributed by atoms with E-state index in [-0.39, 0.29) is 5.41 Å². The maximum absolute atomic E-state index is 3.94. The molecule has 0 saturated carbocycles. The molecule has 0 unspecified atom stereocenters. The second-order valence-electron chi connectivity index (χ2n) is 4.39. The molecule has 0 saturated heterocycles. The van der Waals surface area contributed by atoms with Gasteiger partial charge in [-0.25, -0.2) is 0 Å². The fourth-order valence-electron chi connectivity index (χ4n) is 2.88. The van der Waals surface area contributed by atoms with E-state index in [9.17, 15) is 0 Å². The number of allylic oxidation sites excluding steroid dienone is 2. The van der Waals surface area contributed by atoms with Crippen molar-refractivity contribution in [2.75, 3.05) is 0 Å². The number of hydrogen-bond acceptors (Lipinski definition) is 2. The minimum Gasteiger partial charge on any atom is -0.143 e. The van der Waals surface area contributed by atoms with E-state index in [0.717, 1.165) is 12.8 Å². The van der Waals surface area contributed by atoms with Crippen molar-refractivity contribution in [3.05, 3.63) is 59.3 Å². The first kappa shape index (κ1) is 11.0. The lowest BCUT2D eigenvalue weighted by Gasteiger charge is -2.28. The highest BCUT2D eigenvalue weighted by Gasteiger charge is 2.42. The molecule has 2 aromatic heterocycles. The summed E-state index contributed by atoms with van der Waals surface area (Å²) in [5.74, 6) is 0. The highest BCUT2D eigenvalue weighted by Crippen LogP contribution is 2.56. The molecule has 0 bridgehead atoms. The van der Waals surface area contributed by atoms with Crippen LogP contribution in [0, 0.1) is 0 Å². The van der Waals surface area contributed by atoms with E-state index in [1.54, 1.807) is 0 Å². The average Bonchev–Trinajstić information content (AvgIpc) is 2.99. The predicted octanol–water partition coefficient (Wildman–Crippen LogP) is 5.23. The Kier molecular flexibility index (Phi) is 2.57. The van der Waals surface area contributed by atoms with E-state index in [1.165, 1.54) is 20.9 Å². The van der Waals surface area contributed by atoms with E-state index in [2.05, 4.69) is 36.1 Å². The van der Waals surface area contributed by atoms with Crippen molar-refractivity contribution in [3.63, 3.8) is 0 Å².